The van der Waals surface area contributed by atoms with Gasteiger partial charge in [-0.1, -0.05) is 0 Å². The molecule has 1 aliphatic rings. The molecule has 0 saturated heterocycles. The predicted octanol–water partition coefficient (Wildman–Crippen LogP) is 1.55. The average molecular weight is 253 g/mol. The van der Waals surface area contributed by atoms with Crippen molar-refractivity contribution in [2.45, 2.75) is 38.8 Å². The zero-order valence-corrected chi connectivity index (χ0v) is 11.2. The molecule has 1 aliphatic carbocycles. The molecule has 0 aliphatic heterocycles. The minimum Gasteiger partial charge on any atom is -0.341 e. The Labute approximate surface area is 106 Å². The highest BCUT2D eigenvalue weighted by Crippen LogP contribution is 2.18. The molecule has 1 amide bonds. The van der Waals surface area contributed by atoms with Crippen LogP contribution in [0.5, 0.6) is 0 Å². The van der Waals surface area contributed by atoms with Crippen LogP contribution >= 0.6 is 11.3 Å². The largest absolute Gasteiger partial charge is 0.341 e. The number of amides is 1. The Bertz CT molecular complexity index is 387. The lowest BCUT2D eigenvalue weighted by atomic mass is 10.3. The second kappa shape index (κ2) is 5.60. The lowest BCUT2D eigenvalue weighted by molar-refractivity contribution is -0.130. The van der Waals surface area contributed by atoms with Gasteiger partial charge in [0.1, 0.15) is 0 Å². The van der Waals surface area contributed by atoms with Crippen molar-refractivity contribution in [1.82, 2.24) is 15.2 Å². The quantitative estimate of drug-likeness (QED) is 0.836. The molecule has 0 radical (unpaired) electrons. The molecule has 0 spiro atoms. The summed E-state index contributed by atoms with van der Waals surface area (Å²) >= 11 is 1.65. The fourth-order valence-corrected chi connectivity index (χ4v) is 2.51. The van der Waals surface area contributed by atoms with Crippen molar-refractivity contribution in [3.63, 3.8) is 0 Å². The van der Waals surface area contributed by atoms with E-state index < -0.39 is 0 Å². The highest BCUT2D eigenvalue weighted by atomic mass is 32.1. The summed E-state index contributed by atoms with van der Waals surface area (Å²) in [5, 5.41) is 4.41. The minimum atomic E-state index is 0.198. The van der Waals surface area contributed by atoms with Crippen LogP contribution in [0.1, 0.15) is 29.1 Å². The van der Waals surface area contributed by atoms with Crippen molar-refractivity contribution >= 4 is 17.2 Å². The lowest BCUT2D eigenvalue weighted by Crippen LogP contribution is -2.29. The van der Waals surface area contributed by atoms with Gasteiger partial charge in [-0.05, 0) is 19.8 Å². The first-order valence-corrected chi connectivity index (χ1v) is 6.85. The molecule has 1 aromatic rings. The van der Waals surface area contributed by atoms with Gasteiger partial charge < -0.3 is 10.2 Å². The Hall–Kier alpha value is -0.940. The van der Waals surface area contributed by atoms with Crippen LogP contribution in [0.15, 0.2) is 6.20 Å². The zero-order valence-electron chi connectivity index (χ0n) is 10.4. The van der Waals surface area contributed by atoms with Gasteiger partial charge in [-0.2, -0.15) is 0 Å². The number of aryl methyl sites for hydroxylation is 1. The van der Waals surface area contributed by atoms with Gasteiger partial charge >= 0.3 is 0 Å². The maximum Gasteiger partial charge on any atom is 0.223 e. The molecule has 17 heavy (non-hydrogen) atoms. The summed E-state index contributed by atoms with van der Waals surface area (Å²) in [5.74, 6) is 0.198. The maximum atomic E-state index is 11.8. The third-order valence-electron chi connectivity index (χ3n) is 2.84. The summed E-state index contributed by atoms with van der Waals surface area (Å²) in [4.78, 5) is 18.9. The van der Waals surface area contributed by atoms with Crippen LogP contribution in [0.2, 0.25) is 0 Å². The monoisotopic (exact) mass is 253 g/mol. The Morgan fingerprint density at radius 2 is 2.41 bits per heavy atom. The van der Waals surface area contributed by atoms with Crippen molar-refractivity contribution in [2.75, 3.05) is 13.6 Å². The van der Waals surface area contributed by atoms with Gasteiger partial charge in [0.05, 0.1) is 11.6 Å². The first-order valence-electron chi connectivity index (χ1n) is 6.04. The second-order valence-corrected chi connectivity index (χ2v) is 5.89. The smallest absolute Gasteiger partial charge is 0.223 e. The highest BCUT2D eigenvalue weighted by Gasteiger charge is 2.20. The molecule has 94 valence electrons. The van der Waals surface area contributed by atoms with Crippen LogP contribution in [-0.2, 0) is 11.3 Å². The third-order valence-corrected chi connectivity index (χ3v) is 3.73. The lowest BCUT2D eigenvalue weighted by Gasteiger charge is -2.16. The average Bonchev–Trinajstić information content (AvgIpc) is 3.02. The Kier molecular flexibility index (Phi) is 4.12. The SMILES string of the molecule is Cc1ncc(CN(C)C(=O)CCNC2CC2)s1. The molecule has 0 unspecified atom stereocenters. The van der Waals surface area contributed by atoms with E-state index in [1.165, 1.54) is 12.8 Å². The number of nitrogens with zero attached hydrogens (tertiary/aromatic N) is 2. The summed E-state index contributed by atoms with van der Waals surface area (Å²) in [6.45, 7) is 3.46. The fraction of sp³-hybridized carbons (Fsp3) is 0.667. The van der Waals surface area contributed by atoms with Gasteiger partial charge in [0.25, 0.3) is 0 Å². The van der Waals surface area contributed by atoms with E-state index in [9.17, 15) is 4.79 Å². The van der Waals surface area contributed by atoms with Crippen LogP contribution in [0.4, 0.5) is 0 Å². The number of rotatable bonds is 6. The number of nitrogens with one attached hydrogen (secondary N) is 1. The molecule has 2 rings (SSSR count). The summed E-state index contributed by atoms with van der Waals surface area (Å²) in [5.41, 5.74) is 0. The molecule has 5 heteroatoms. The molecule has 0 bridgehead atoms. The van der Waals surface area contributed by atoms with Gasteiger partial charge in [-0.3, -0.25) is 4.79 Å². The van der Waals surface area contributed by atoms with E-state index >= 15 is 0 Å². The van der Waals surface area contributed by atoms with Crippen LogP contribution in [-0.4, -0.2) is 35.4 Å². The number of carbonyl (C=O) groups excluding carboxylic acids is 1. The van der Waals surface area contributed by atoms with E-state index in [2.05, 4.69) is 10.3 Å². The van der Waals surface area contributed by atoms with Gasteiger partial charge in [0, 0.05) is 37.1 Å². The number of aromatic nitrogens is 1. The van der Waals surface area contributed by atoms with E-state index in [0.717, 1.165) is 16.4 Å². The molecule has 4 nitrogen and oxygen atoms in total. The third kappa shape index (κ3) is 4.09. The van der Waals surface area contributed by atoms with Gasteiger partial charge in [-0.25, -0.2) is 4.98 Å². The maximum absolute atomic E-state index is 11.8. The van der Waals surface area contributed by atoms with E-state index in [-0.39, 0.29) is 5.91 Å². The number of carbonyl (C=O) groups is 1. The highest BCUT2D eigenvalue weighted by molar-refractivity contribution is 7.11. The molecule has 1 aromatic heterocycles. The fourth-order valence-electron chi connectivity index (χ4n) is 1.66. The molecular weight excluding hydrogens is 234 g/mol. The van der Waals surface area contributed by atoms with E-state index in [1.54, 1.807) is 16.2 Å². The van der Waals surface area contributed by atoms with Crippen LogP contribution in [0, 0.1) is 6.92 Å². The van der Waals surface area contributed by atoms with Crippen LogP contribution in [0.25, 0.3) is 0 Å². The molecule has 0 aromatic carbocycles. The number of hydrogen-bond donors (Lipinski definition) is 1. The second-order valence-electron chi connectivity index (χ2n) is 4.57. The van der Waals surface area contributed by atoms with Crippen LogP contribution in [0.3, 0.4) is 0 Å². The van der Waals surface area contributed by atoms with Crippen molar-refractivity contribution < 1.29 is 4.79 Å². The molecule has 1 N–H and O–H groups in total. The predicted molar refractivity (Wildman–Crippen MR) is 69.0 cm³/mol. The standard InChI is InChI=1S/C12H19N3OS/c1-9-14-7-11(17-9)8-15(2)12(16)5-6-13-10-3-4-10/h7,10,13H,3-6,8H2,1-2H3. The molecular formula is C12H19N3OS. The van der Waals surface area contributed by atoms with E-state index in [0.29, 0.717) is 19.0 Å². The van der Waals surface area contributed by atoms with Crippen LogP contribution < -0.4 is 5.32 Å². The van der Waals surface area contributed by atoms with Crippen molar-refractivity contribution in [1.29, 1.82) is 0 Å². The number of hydrogen-bond acceptors (Lipinski definition) is 4. The summed E-state index contributed by atoms with van der Waals surface area (Å²) < 4.78 is 0. The van der Waals surface area contributed by atoms with Gasteiger partial charge in [0.2, 0.25) is 5.91 Å². The first-order chi connectivity index (χ1) is 8.15. The van der Waals surface area contributed by atoms with Crippen molar-refractivity contribution in [2.24, 2.45) is 0 Å². The first kappa shape index (κ1) is 12.5. The van der Waals surface area contributed by atoms with Gasteiger partial charge in [-0.15, -0.1) is 11.3 Å². The minimum absolute atomic E-state index is 0.198. The molecule has 1 fully saturated rings. The van der Waals surface area contributed by atoms with Crippen molar-refractivity contribution in [3.8, 4) is 0 Å². The Morgan fingerprint density at radius 3 is 3.00 bits per heavy atom. The molecule has 1 saturated carbocycles. The normalized spacial score (nSPS) is 14.9. The Balaban J connectivity index is 1.70. The van der Waals surface area contributed by atoms with Crippen molar-refractivity contribution in [3.05, 3.63) is 16.1 Å². The summed E-state index contributed by atoms with van der Waals surface area (Å²) in [7, 11) is 1.86. The molecule has 1 heterocycles. The van der Waals surface area contributed by atoms with E-state index in [4.69, 9.17) is 0 Å². The zero-order chi connectivity index (χ0) is 12.3. The van der Waals surface area contributed by atoms with Gasteiger partial charge in [0.15, 0.2) is 0 Å². The summed E-state index contributed by atoms with van der Waals surface area (Å²) in [6, 6.07) is 0.678. The molecule has 0 atom stereocenters. The summed E-state index contributed by atoms with van der Waals surface area (Å²) in [6.07, 6.45) is 4.98. The number of thiazole rings is 1. The topological polar surface area (TPSA) is 45.2 Å². The van der Waals surface area contributed by atoms with E-state index in [1.807, 2.05) is 20.2 Å². The Morgan fingerprint density at radius 1 is 1.65 bits per heavy atom.